The summed E-state index contributed by atoms with van der Waals surface area (Å²) in [7, 11) is 3.26. The Kier molecular flexibility index (Phi) is 4.31. The van der Waals surface area contributed by atoms with Crippen molar-refractivity contribution in [1.29, 1.82) is 0 Å². The summed E-state index contributed by atoms with van der Waals surface area (Å²) in [5, 5.41) is 0. The van der Waals surface area contributed by atoms with Crippen LogP contribution in [0.25, 0.3) is 0 Å². The van der Waals surface area contributed by atoms with E-state index in [1.165, 1.54) is 22.3 Å². The Labute approximate surface area is 104 Å². The second-order valence-electron chi connectivity index (χ2n) is 4.50. The van der Waals surface area contributed by atoms with Crippen LogP contribution in [0.15, 0.2) is 6.07 Å². The fraction of sp³-hybridized carbons (Fsp3) is 0.571. The molecule has 96 valence electrons. The van der Waals surface area contributed by atoms with E-state index in [1.54, 1.807) is 14.2 Å². The van der Waals surface area contributed by atoms with Gasteiger partial charge in [-0.25, -0.2) is 0 Å². The van der Waals surface area contributed by atoms with Crippen LogP contribution in [0.2, 0.25) is 0 Å². The van der Waals surface area contributed by atoms with Gasteiger partial charge in [-0.15, -0.1) is 0 Å². The van der Waals surface area contributed by atoms with Gasteiger partial charge in [-0.05, 0) is 49.9 Å². The molecule has 0 aliphatic heterocycles. The number of nitrogens with two attached hydrogens (primary N) is 1. The Balaban J connectivity index is 3.58. The van der Waals surface area contributed by atoms with Crippen molar-refractivity contribution < 1.29 is 9.47 Å². The standard InChI is InChI=1S/C14H23NO2/c1-9-7-10(2)12(4)13(11(9)3)14(8-15,16-5)17-6/h7H,8,15H2,1-6H3. The minimum Gasteiger partial charge on any atom is -0.348 e. The molecule has 2 N–H and O–H groups in total. The number of rotatable bonds is 4. The van der Waals surface area contributed by atoms with Crippen LogP contribution in [0.4, 0.5) is 0 Å². The number of hydrogen-bond donors (Lipinski definition) is 1. The molecule has 0 saturated carbocycles. The molecule has 1 rings (SSSR count). The van der Waals surface area contributed by atoms with Crippen molar-refractivity contribution in [2.45, 2.75) is 33.5 Å². The molecule has 0 aliphatic carbocycles. The molecule has 0 bridgehead atoms. The van der Waals surface area contributed by atoms with E-state index in [-0.39, 0.29) is 0 Å². The van der Waals surface area contributed by atoms with Gasteiger partial charge in [0, 0.05) is 19.8 Å². The average Bonchev–Trinajstić information content (AvgIpc) is 2.33. The molecule has 0 aliphatic rings. The molecule has 1 aromatic rings. The molecule has 0 unspecified atom stereocenters. The SMILES string of the molecule is COC(CN)(OC)c1c(C)c(C)cc(C)c1C. The molecule has 0 spiro atoms. The minimum atomic E-state index is -0.842. The maximum absolute atomic E-state index is 5.85. The number of benzene rings is 1. The Bertz CT molecular complexity index is 375. The largest absolute Gasteiger partial charge is 0.348 e. The highest BCUT2D eigenvalue weighted by atomic mass is 16.7. The second kappa shape index (κ2) is 5.17. The van der Waals surface area contributed by atoms with Crippen molar-refractivity contribution in [3.8, 4) is 0 Å². The fourth-order valence-corrected chi connectivity index (χ4v) is 2.34. The van der Waals surface area contributed by atoms with E-state index < -0.39 is 5.79 Å². The quantitative estimate of drug-likeness (QED) is 0.817. The van der Waals surface area contributed by atoms with Gasteiger partial charge in [-0.2, -0.15) is 0 Å². The zero-order valence-electron chi connectivity index (χ0n) is 11.7. The maximum atomic E-state index is 5.85. The molecular formula is C14H23NO2. The maximum Gasteiger partial charge on any atom is 0.207 e. The van der Waals surface area contributed by atoms with Crippen molar-refractivity contribution in [3.05, 3.63) is 33.9 Å². The summed E-state index contributed by atoms with van der Waals surface area (Å²) in [5.74, 6) is -0.842. The lowest BCUT2D eigenvalue weighted by Crippen LogP contribution is -2.40. The Hall–Kier alpha value is -0.900. The molecule has 0 amide bonds. The van der Waals surface area contributed by atoms with Crippen LogP contribution in [-0.4, -0.2) is 20.8 Å². The average molecular weight is 237 g/mol. The highest BCUT2D eigenvalue weighted by molar-refractivity contribution is 5.46. The number of ether oxygens (including phenoxy) is 2. The topological polar surface area (TPSA) is 44.5 Å². The van der Waals surface area contributed by atoms with Crippen LogP contribution in [0.5, 0.6) is 0 Å². The first kappa shape index (κ1) is 14.2. The van der Waals surface area contributed by atoms with Gasteiger partial charge >= 0.3 is 0 Å². The van der Waals surface area contributed by atoms with Gasteiger partial charge < -0.3 is 15.2 Å². The number of aryl methyl sites for hydroxylation is 2. The number of methoxy groups -OCH3 is 2. The highest BCUT2D eigenvalue weighted by Crippen LogP contribution is 2.33. The molecule has 0 radical (unpaired) electrons. The molecule has 0 atom stereocenters. The summed E-state index contributed by atoms with van der Waals surface area (Å²) < 4.78 is 11.1. The van der Waals surface area contributed by atoms with Crippen LogP contribution in [-0.2, 0) is 15.3 Å². The van der Waals surface area contributed by atoms with Crippen LogP contribution in [0, 0.1) is 27.7 Å². The van der Waals surface area contributed by atoms with Crippen molar-refractivity contribution >= 4 is 0 Å². The van der Waals surface area contributed by atoms with Crippen LogP contribution < -0.4 is 5.73 Å². The molecule has 0 saturated heterocycles. The molecule has 3 heteroatoms. The second-order valence-corrected chi connectivity index (χ2v) is 4.50. The Morgan fingerprint density at radius 1 is 1.00 bits per heavy atom. The van der Waals surface area contributed by atoms with Crippen molar-refractivity contribution in [1.82, 2.24) is 0 Å². The summed E-state index contributed by atoms with van der Waals surface area (Å²) in [6, 6.07) is 2.18. The zero-order chi connectivity index (χ0) is 13.2. The third-order valence-electron chi connectivity index (χ3n) is 3.68. The predicted octanol–water partition coefficient (Wildman–Crippen LogP) is 2.32. The van der Waals surface area contributed by atoms with Crippen molar-refractivity contribution in [3.63, 3.8) is 0 Å². The third-order valence-corrected chi connectivity index (χ3v) is 3.68. The first-order valence-corrected chi connectivity index (χ1v) is 5.81. The van der Waals surface area contributed by atoms with Gasteiger partial charge in [-0.3, -0.25) is 0 Å². The molecular weight excluding hydrogens is 214 g/mol. The Morgan fingerprint density at radius 3 is 1.71 bits per heavy atom. The first-order chi connectivity index (χ1) is 7.93. The van der Waals surface area contributed by atoms with E-state index in [4.69, 9.17) is 15.2 Å². The molecule has 17 heavy (non-hydrogen) atoms. The normalized spacial score (nSPS) is 11.9. The van der Waals surface area contributed by atoms with Crippen LogP contribution >= 0.6 is 0 Å². The van der Waals surface area contributed by atoms with E-state index in [0.29, 0.717) is 6.54 Å². The van der Waals surface area contributed by atoms with Gasteiger partial charge in [0.2, 0.25) is 5.79 Å². The molecule has 0 fully saturated rings. The summed E-state index contributed by atoms with van der Waals surface area (Å²) in [6.45, 7) is 8.65. The predicted molar refractivity (Wildman–Crippen MR) is 70.1 cm³/mol. The van der Waals surface area contributed by atoms with Gasteiger partial charge in [0.15, 0.2) is 0 Å². The number of hydrogen-bond acceptors (Lipinski definition) is 3. The van der Waals surface area contributed by atoms with E-state index in [9.17, 15) is 0 Å². The van der Waals surface area contributed by atoms with Crippen molar-refractivity contribution in [2.24, 2.45) is 5.73 Å². The summed E-state index contributed by atoms with van der Waals surface area (Å²) in [6.07, 6.45) is 0. The summed E-state index contributed by atoms with van der Waals surface area (Å²) >= 11 is 0. The van der Waals surface area contributed by atoms with Gasteiger partial charge in [0.25, 0.3) is 0 Å². The van der Waals surface area contributed by atoms with Gasteiger partial charge in [0.05, 0.1) is 6.54 Å². The monoisotopic (exact) mass is 237 g/mol. The summed E-state index contributed by atoms with van der Waals surface area (Å²) in [4.78, 5) is 0. The fourth-order valence-electron chi connectivity index (χ4n) is 2.34. The van der Waals surface area contributed by atoms with Crippen LogP contribution in [0.3, 0.4) is 0 Å². The van der Waals surface area contributed by atoms with Gasteiger partial charge in [-0.1, -0.05) is 6.07 Å². The Morgan fingerprint density at radius 2 is 1.41 bits per heavy atom. The van der Waals surface area contributed by atoms with Crippen LogP contribution in [0.1, 0.15) is 27.8 Å². The van der Waals surface area contributed by atoms with Crippen molar-refractivity contribution in [2.75, 3.05) is 20.8 Å². The molecule has 3 nitrogen and oxygen atoms in total. The lowest BCUT2D eigenvalue weighted by molar-refractivity contribution is -0.208. The highest BCUT2D eigenvalue weighted by Gasteiger charge is 2.34. The first-order valence-electron chi connectivity index (χ1n) is 5.81. The van der Waals surface area contributed by atoms with Gasteiger partial charge in [0.1, 0.15) is 0 Å². The smallest absolute Gasteiger partial charge is 0.207 e. The zero-order valence-corrected chi connectivity index (χ0v) is 11.7. The van der Waals surface area contributed by atoms with E-state index in [2.05, 4.69) is 33.8 Å². The summed E-state index contributed by atoms with van der Waals surface area (Å²) in [5.41, 5.74) is 11.7. The lowest BCUT2D eigenvalue weighted by Gasteiger charge is -2.33. The molecule has 1 aromatic carbocycles. The van der Waals surface area contributed by atoms with E-state index >= 15 is 0 Å². The van der Waals surface area contributed by atoms with E-state index in [1.807, 2.05) is 0 Å². The van der Waals surface area contributed by atoms with E-state index in [0.717, 1.165) is 5.56 Å². The molecule has 0 aromatic heterocycles. The third kappa shape index (κ3) is 2.23. The molecule has 0 heterocycles. The minimum absolute atomic E-state index is 0.296. The lowest BCUT2D eigenvalue weighted by atomic mass is 9.89.